The molecule has 1 N–H and O–H groups in total. The molecule has 0 amide bonds. The van der Waals surface area contributed by atoms with Crippen LogP contribution in [0.1, 0.15) is 24.1 Å². The molecule has 0 saturated heterocycles. The van der Waals surface area contributed by atoms with Gasteiger partial charge in [-0.3, -0.25) is 4.57 Å². The second kappa shape index (κ2) is 11.2. The minimum absolute atomic E-state index is 0.190. The highest BCUT2D eigenvalue weighted by molar-refractivity contribution is 7.09. The Morgan fingerprint density at radius 2 is 2.14 bits per heavy atom. The highest BCUT2D eigenvalue weighted by Crippen LogP contribution is 2.23. The van der Waals surface area contributed by atoms with Gasteiger partial charge in [-0.1, -0.05) is 30.3 Å². The van der Waals surface area contributed by atoms with Gasteiger partial charge < -0.3 is 24.3 Å². The van der Waals surface area contributed by atoms with Gasteiger partial charge in [-0.2, -0.15) is 9.36 Å². The van der Waals surface area contributed by atoms with Crippen molar-refractivity contribution in [3.63, 3.8) is 0 Å². The smallest absolute Gasteiger partial charge is 0.248 e. The fourth-order valence-corrected chi connectivity index (χ4v) is 4.56. The van der Waals surface area contributed by atoms with Crippen molar-refractivity contribution in [3.05, 3.63) is 84.9 Å². The van der Waals surface area contributed by atoms with E-state index in [9.17, 15) is 0 Å². The molecule has 11 heteroatoms. The van der Waals surface area contributed by atoms with Crippen molar-refractivity contribution in [2.45, 2.75) is 32.0 Å². The molecule has 0 saturated carbocycles. The molecule has 1 aliphatic heterocycles. The molecule has 10 nitrogen and oxygen atoms in total. The third-order valence-electron chi connectivity index (χ3n) is 5.68. The number of hydrogen-bond acceptors (Lipinski definition) is 9. The van der Waals surface area contributed by atoms with Gasteiger partial charge >= 0.3 is 0 Å². The molecule has 182 valence electrons. The number of benzene rings is 1. The highest BCUT2D eigenvalue weighted by Gasteiger charge is 2.20. The fourth-order valence-electron chi connectivity index (χ4n) is 3.87. The summed E-state index contributed by atoms with van der Waals surface area (Å²) in [5, 5.41) is 4.55. The van der Waals surface area contributed by atoms with E-state index in [0.29, 0.717) is 12.5 Å². The molecule has 35 heavy (non-hydrogen) atoms. The summed E-state index contributed by atoms with van der Waals surface area (Å²) in [4.78, 5) is 15.6. The number of anilines is 1. The minimum Gasteiger partial charge on any atom is -0.462 e. The van der Waals surface area contributed by atoms with Crippen LogP contribution >= 0.6 is 11.5 Å². The molecule has 0 spiro atoms. The van der Waals surface area contributed by atoms with Gasteiger partial charge in [0.15, 0.2) is 0 Å². The first-order valence-electron chi connectivity index (χ1n) is 11.5. The number of rotatable bonds is 12. The second-order valence-electron chi connectivity index (χ2n) is 8.37. The molecule has 0 radical (unpaired) electrons. The predicted octanol–water partition coefficient (Wildman–Crippen LogP) is 3.25. The van der Waals surface area contributed by atoms with Crippen LogP contribution in [-0.2, 0) is 29.6 Å². The standard InChI is InChI=1S/C24H28N8O2S/c1-30-13-21(27-17-30)14-31(24-28-23(29-35-24)32-10-8-25-16-32)9-7-20(11-22-15-33-18-34-22)26-12-19-5-3-2-4-6-19/h2-6,8,10,13,15-17,20,26H,7,9,11-12,14,18H2,1H3. The summed E-state index contributed by atoms with van der Waals surface area (Å²) in [6.07, 6.45) is 12.5. The number of aryl methyl sites for hydroxylation is 1. The molecule has 1 atom stereocenters. The summed E-state index contributed by atoms with van der Waals surface area (Å²) in [7, 11) is 1.98. The molecule has 1 aliphatic rings. The molecular formula is C24H28N8O2S. The number of aromatic nitrogens is 6. The summed E-state index contributed by atoms with van der Waals surface area (Å²) in [6, 6.07) is 10.6. The van der Waals surface area contributed by atoms with Crippen molar-refractivity contribution >= 4 is 16.7 Å². The van der Waals surface area contributed by atoms with Gasteiger partial charge in [-0.15, -0.1) is 0 Å². The molecule has 0 aliphatic carbocycles. The quantitative estimate of drug-likeness (QED) is 0.322. The molecular weight excluding hydrogens is 464 g/mol. The van der Waals surface area contributed by atoms with Crippen molar-refractivity contribution in [2.24, 2.45) is 7.05 Å². The number of ether oxygens (including phenoxy) is 2. The Balaban J connectivity index is 1.30. The van der Waals surface area contributed by atoms with Gasteiger partial charge in [0.2, 0.25) is 17.9 Å². The lowest BCUT2D eigenvalue weighted by Crippen LogP contribution is -2.34. The zero-order valence-corrected chi connectivity index (χ0v) is 20.3. The molecule has 0 fully saturated rings. The van der Waals surface area contributed by atoms with Crippen LogP contribution in [0.4, 0.5) is 5.13 Å². The van der Waals surface area contributed by atoms with E-state index in [4.69, 9.17) is 14.5 Å². The average molecular weight is 493 g/mol. The van der Waals surface area contributed by atoms with E-state index in [2.05, 4.69) is 48.8 Å². The molecule has 4 aromatic rings. The SMILES string of the molecule is Cn1cnc(CN(CCC(CC2=COCO2)NCc2ccccc2)c2nc(-n3ccnc3)ns2)c1. The Hall–Kier alpha value is -3.70. The fraction of sp³-hybridized carbons (Fsp3) is 0.333. The Labute approximate surface area is 208 Å². The molecule has 4 heterocycles. The molecule has 3 aromatic heterocycles. The number of nitrogens with zero attached hydrogens (tertiary/aromatic N) is 7. The maximum Gasteiger partial charge on any atom is 0.248 e. The van der Waals surface area contributed by atoms with Crippen molar-refractivity contribution in [2.75, 3.05) is 18.2 Å². The average Bonchev–Trinajstić information content (AvgIpc) is 3.68. The Morgan fingerprint density at radius 3 is 2.89 bits per heavy atom. The van der Waals surface area contributed by atoms with Crippen molar-refractivity contribution < 1.29 is 9.47 Å². The lowest BCUT2D eigenvalue weighted by atomic mass is 10.1. The monoisotopic (exact) mass is 492 g/mol. The number of nitrogens with one attached hydrogen (secondary N) is 1. The summed E-state index contributed by atoms with van der Waals surface area (Å²) in [5.74, 6) is 1.49. The van der Waals surface area contributed by atoms with Gasteiger partial charge in [0.05, 0.1) is 18.6 Å². The van der Waals surface area contributed by atoms with E-state index < -0.39 is 0 Å². The maximum atomic E-state index is 5.61. The Kier molecular flexibility index (Phi) is 7.35. The van der Waals surface area contributed by atoms with Crippen LogP contribution in [0.2, 0.25) is 0 Å². The third kappa shape index (κ3) is 6.25. The molecule has 1 aromatic carbocycles. The van der Waals surface area contributed by atoms with E-state index in [1.165, 1.54) is 17.1 Å². The summed E-state index contributed by atoms with van der Waals surface area (Å²) >= 11 is 1.38. The predicted molar refractivity (Wildman–Crippen MR) is 133 cm³/mol. The number of hydrogen-bond donors (Lipinski definition) is 1. The van der Waals surface area contributed by atoms with Gasteiger partial charge in [0, 0.05) is 62.7 Å². The van der Waals surface area contributed by atoms with Crippen LogP contribution < -0.4 is 10.2 Å². The van der Waals surface area contributed by atoms with E-state index in [1.54, 1.807) is 18.8 Å². The van der Waals surface area contributed by atoms with Crippen molar-refractivity contribution in [1.29, 1.82) is 0 Å². The third-order valence-corrected chi connectivity index (χ3v) is 6.45. The first-order valence-corrected chi connectivity index (χ1v) is 12.2. The van der Waals surface area contributed by atoms with E-state index in [-0.39, 0.29) is 12.8 Å². The normalized spacial score (nSPS) is 13.8. The molecule has 1 unspecified atom stereocenters. The lowest BCUT2D eigenvalue weighted by Gasteiger charge is -2.25. The summed E-state index contributed by atoms with van der Waals surface area (Å²) < 4.78 is 19.2. The second-order valence-corrected chi connectivity index (χ2v) is 9.10. The van der Waals surface area contributed by atoms with Gasteiger partial charge in [0.1, 0.15) is 18.3 Å². The van der Waals surface area contributed by atoms with Gasteiger partial charge in [-0.25, -0.2) is 9.97 Å². The first-order chi connectivity index (χ1) is 17.2. The number of imidazole rings is 2. The van der Waals surface area contributed by atoms with Gasteiger partial charge in [0.25, 0.3) is 0 Å². The maximum absolute atomic E-state index is 5.61. The lowest BCUT2D eigenvalue weighted by molar-refractivity contribution is 0.0762. The first kappa shape index (κ1) is 23.1. The molecule has 5 rings (SSSR count). The zero-order chi connectivity index (χ0) is 23.9. The highest BCUT2D eigenvalue weighted by atomic mass is 32.1. The van der Waals surface area contributed by atoms with Crippen LogP contribution in [0.5, 0.6) is 0 Å². The van der Waals surface area contributed by atoms with Crippen LogP contribution in [0.15, 0.2) is 73.6 Å². The largest absolute Gasteiger partial charge is 0.462 e. The Bertz CT molecular complexity index is 1220. The summed E-state index contributed by atoms with van der Waals surface area (Å²) in [5.41, 5.74) is 2.23. The van der Waals surface area contributed by atoms with Crippen LogP contribution in [-0.4, -0.2) is 47.8 Å². The van der Waals surface area contributed by atoms with Crippen LogP contribution in [0.3, 0.4) is 0 Å². The summed E-state index contributed by atoms with van der Waals surface area (Å²) in [6.45, 7) is 2.49. The van der Waals surface area contributed by atoms with Crippen LogP contribution in [0.25, 0.3) is 5.95 Å². The van der Waals surface area contributed by atoms with Gasteiger partial charge in [-0.05, 0) is 12.0 Å². The zero-order valence-electron chi connectivity index (χ0n) is 19.5. The topological polar surface area (TPSA) is 95.2 Å². The van der Waals surface area contributed by atoms with E-state index in [0.717, 1.165) is 42.5 Å². The Morgan fingerprint density at radius 1 is 1.23 bits per heavy atom. The van der Waals surface area contributed by atoms with Crippen molar-refractivity contribution in [1.82, 2.24) is 33.8 Å². The van der Waals surface area contributed by atoms with E-state index in [1.807, 2.05) is 41.0 Å². The van der Waals surface area contributed by atoms with Crippen molar-refractivity contribution in [3.8, 4) is 5.95 Å². The minimum atomic E-state index is 0.190. The molecule has 0 bridgehead atoms. The van der Waals surface area contributed by atoms with E-state index >= 15 is 0 Å². The van der Waals surface area contributed by atoms with Crippen LogP contribution in [0, 0.1) is 0 Å².